The number of hydrogen-bond donors (Lipinski definition) is 1. The van der Waals surface area contributed by atoms with Crippen molar-refractivity contribution < 1.29 is 4.79 Å². The van der Waals surface area contributed by atoms with Gasteiger partial charge >= 0.3 is 0 Å². The van der Waals surface area contributed by atoms with Gasteiger partial charge in [-0.25, -0.2) is 9.50 Å². The highest BCUT2D eigenvalue weighted by Crippen LogP contribution is 2.03. The molecule has 0 atom stereocenters. The summed E-state index contributed by atoms with van der Waals surface area (Å²) >= 11 is 0. The summed E-state index contributed by atoms with van der Waals surface area (Å²) in [6.45, 7) is 5.86. The van der Waals surface area contributed by atoms with Crippen LogP contribution in [0.15, 0.2) is 18.3 Å². The molecule has 15 heavy (non-hydrogen) atoms. The van der Waals surface area contributed by atoms with Gasteiger partial charge in [0.1, 0.15) is 5.69 Å². The quantitative estimate of drug-likeness (QED) is 0.761. The third-order valence-electron chi connectivity index (χ3n) is 1.71. The Balaban J connectivity index is 0.000000531. The van der Waals surface area contributed by atoms with Gasteiger partial charge in [0.25, 0.3) is 5.91 Å². The van der Waals surface area contributed by atoms with E-state index in [0.29, 0.717) is 5.65 Å². The Labute approximate surface area is 87.9 Å². The Morgan fingerprint density at radius 1 is 1.40 bits per heavy atom. The zero-order valence-corrected chi connectivity index (χ0v) is 9.06. The molecule has 0 unspecified atom stereocenters. The van der Waals surface area contributed by atoms with Crippen LogP contribution in [0.3, 0.4) is 0 Å². The molecular weight excluding hydrogens is 192 g/mol. The molecule has 1 amide bonds. The Morgan fingerprint density at radius 2 is 2.07 bits per heavy atom. The average Bonchev–Trinajstić information content (AvgIpc) is 2.63. The van der Waals surface area contributed by atoms with Gasteiger partial charge < -0.3 is 5.73 Å². The van der Waals surface area contributed by atoms with Gasteiger partial charge in [-0.05, 0) is 19.1 Å². The van der Waals surface area contributed by atoms with Crippen molar-refractivity contribution in [3.63, 3.8) is 0 Å². The van der Waals surface area contributed by atoms with Crippen LogP contribution in [0.25, 0.3) is 5.65 Å². The second-order valence-electron chi connectivity index (χ2n) is 2.77. The molecule has 0 spiro atoms. The largest absolute Gasteiger partial charge is 0.364 e. The molecule has 2 aromatic rings. The molecule has 2 heterocycles. The van der Waals surface area contributed by atoms with E-state index in [1.165, 1.54) is 10.7 Å². The predicted molar refractivity (Wildman–Crippen MR) is 57.6 cm³/mol. The minimum atomic E-state index is -0.539. The van der Waals surface area contributed by atoms with Crippen LogP contribution in [0.4, 0.5) is 0 Å². The number of primary amides is 1. The Kier molecular flexibility index (Phi) is 3.38. The lowest BCUT2D eigenvalue weighted by Crippen LogP contribution is -2.10. The number of carbonyl (C=O) groups excluding carboxylic acids is 1. The van der Waals surface area contributed by atoms with E-state index in [-0.39, 0.29) is 5.69 Å². The van der Waals surface area contributed by atoms with Gasteiger partial charge in [-0.2, -0.15) is 5.10 Å². The van der Waals surface area contributed by atoms with Gasteiger partial charge in [-0.1, -0.05) is 13.8 Å². The fraction of sp³-hybridized carbons (Fsp3) is 0.300. The number of amides is 1. The molecule has 5 nitrogen and oxygen atoms in total. The van der Waals surface area contributed by atoms with Crippen molar-refractivity contribution in [1.29, 1.82) is 0 Å². The first-order chi connectivity index (χ1) is 7.16. The predicted octanol–water partition coefficient (Wildman–Crippen LogP) is 1.16. The van der Waals surface area contributed by atoms with E-state index in [1.807, 2.05) is 26.8 Å². The van der Waals surface area contributed by atoms with Gasteiger partial charge in [0.15, 0.2) is 5.65 Å². The van der Waals surface area contributed by atoms with E-state index in [2.05, 4.69) is 10.1 Å². The Bertz CT molecular complexity index is 475. The molecule has 0 fully saturated rings. The number of nitrogens with two attached hydrogens (primary N) is 1. The number of imidazole rings is 1. The average molecular weight is 206 g/mol. The topological polar surface area (TPSA) is 73.3 Å². The van der Waals surface area contributed by atoms with Crippen molar-refractivity contribution >= 4 is 11.6 Å². The molecule has 0 bridgehead atoms. The van der Waals surface area contributed by atoms with Gasteiger partial charge in [0, 0.05) is 0 Å². The monoisotopic (exact) mass is 206 g/mol. The summed E-state index contributed by atoms with van der Waals surface area (Å²) in [5, 5.41) is 4.13. The van der Waals surface area contributed by atoms with Crippen molar-refractivity contribution in [2.24, 2.45) is 5.73 Å². The fourth-order valence-corrected chi connectivity index (χ4v) is 1.10. The molecule has 0 aliphatic carbocycles. The van der Waals surface area contributed by atoms with Crippen molar-refractivity contribution in [2.75, 3.05) is 0 Å². The summed E-state index contributed by atoms with van der Waals surface area (Å²) < 4.78 is 1.54. The lowest BCUT2D eigenvalue weighted by atomic mass is 10.4. The molecule has 2 aromatic heterocycles. The number of nitrogens with zero attached hydrogens (tertiary/aromatic N) is 3. The van der Waals surface area contributed by atoms with Crippen LogP contribution in [0.1, 0.15) is 30.0 Å². The number of fused-ring (bicyclic) bond motifs is 1. The maximum Gasteiger partial charge on any atom is 0.268 e. The van der Waals surface area contributed by atoms with Crippen LogP contribution in [-0.4, -0.2) is 20.5 Å². The zero-order valence-electron chi connectivity index (χ0n) is 9.06. The lowest BCUT2D eigenvalue weighted by Gasteiger charge is -1.91. The first-order valence-electron chi connectivity index (χ1n) is 4.79. The van der Waals surface area contributed by atoms with Gasteiger partial charge in [-0.3, -0.25) is 4.79 Å². The smallest absolute Gasteiger partial charge is 0.268 e. The van der Waals surface area contributed by atoms with E-state index >= 15 is 0 Å². The van der Waals surface area contributed by atoms with E-state index in [9.17, 15) is 4.79 Å². The second kappa shape index (κ2) is 4.54. The molecule has 0 aliphatic rings. The molecule has 0 aliphatic heterocycles. The van der Waals surface area contributed by atoms with Crippen LogP contribution in [0.5, 0.6) is 0 Å². The maximum absolute atomic E-state index is 10.8. The molecule has 5 heteroatoms. The van der Waals surface area contributed by atoms with Crippen LogP contribution in [0, 0.1) is 6.92 Å². The Morgan fingerprint density at radius 3 is 2.67 bits per heavy atom. The summed E-state index contributed by atoms with van der Waals surface area (Å²) in [4.78, 5) is 14.8. The lowest BCUT2D eigenvalue weighted by molar-refractivity contribution is 0.0996. The molecule has 80 valence electrons. The van der Waals surface area contributed by atoms with Crippen molar-refractivity contribution in [2.45, 2.75) is 20.8 Å². The van der Waals surface area contributed by atoms with Crippen LogP contribution in [-0.2, 0) is 0 Å². The third kappa shape index (κ3) is 2.31. The first kappa shape index (κ1) is 11.2. The minimum absolute atomic E-state index is 0.234. The standard InChI is InChI=1S/C8H8N4O.C2H6/c1-5-2-3-7-10-6(8(9)13)4-12(7)11-5;1-2/h2-4H,1H3,(H2,9,13);1-2H3. The first-order valence-corrected chi connectivity index (χ1v) is 4.79. The molecule has 2 N–H and O–H groups in total. The summed E-state index contributed by atoms with van der Waals surface area (Å²) in [5.41, 5.74) is 6.79. The van der Waals surface area contributed by atoms with Gasteiger partial charge in [0.05, 0.1) is 11.9 Å². The highest BCUT2D eigenvalue weighted by molar-refractivity contribution is 5.91. The summed E-state index contributed by atoms with van der Waals surface area (Å²) in [6.07, 6.45) is 1.52. The third-order valence-corrected chi connectivity index (χ3v) is 1.71. The summed E-state index contributed by atoms with van der Waals surface area (Å²) in [5.74, 6) is -0.539. The SMILES string of the molecule is CC.Cc1ccc2nc(C(N)=O)cn2n1. The summed E-state index contributed by atoms with van der Waals surface area (Å²) in [7, 11) is 0. The highest BCUT2D eigenvalue weighted by Gasteiger charge is 2.06. The van der Waals surface area contributed by atoms with E-state index in [1.54, 1.807) is 6.07 Å². The molecule has 2 rings (SSSR count). The second-order valence-corrected chi connectivity index (χ2v) is 2.77. The molecular formula is C10H14N4O. The van der Waals surface area contributed by atoms with Crippen molar-refractivity contribution in [3.8, 4) is 0 Å². The number of rotatable bonds is 1. The van der Waals surface area contributed by atoms with E-state index < -0.39 is 5.91 Å². The highest BCUT2D eigenvalue weighted by atomic mass is 16.1. The van der Waals surface area contributed by atoms with Crippen molar-refractivity contribution in [1.82, 2.24) is 14.6 Å². The maximum atomic E-state index is 10.8. The zero-order chi connectivity index (χ0) is 11.4. The molecule has 0 saturated heterocycles. The molecule has 0 radical (unpaired) electrons. The van der Waals surface area contributed by atoms with Crippen LogP contribution in [0.2, 0.25) is 0 Å². The number of aromatic nitrogens is 3. The number of hydrogen-bond acceptors (Lipinski definition) is 3. The van der Waals surface area contributed by atoms with E-state index in [0.717, 1.165) is 5.69 Å². The van der Waals surface area contributed by atoms with Gasteiger partial charge in [0.2, 0.25) is 0 Å². The molecule has 0 saturated carbocycles. The number of aryl methyl sites for hydroxylation is 1. The number of carbonyl (C=O) groups is 1. The summed E-state index contributed by atoms with van der Waals surface area (Å²) in [6, 6.07) is 3.61. The van der Waals surface area contributed by atoms with Crippen molar-refractivity contribution in [3.05, 3.63) is 29.7 Å². The normalized spacial score (nSPS) is 9.53. The Hall–Kier alpha value is -1.91. The van der Waals surface area contributed by atoms with Gasteiger partial charge in [-0.15, -0.1) is 0 Å². The van der Waals surface area contributed by atoms with Crippen LogP contribution < -0.4 is 5.73 Å². The minimum Gasteiger partial charge on any atom is -0.364 e. The molecule has 0 aromatic carbocycles. The fourth-order valence-electron chi connectivity index (χ4n) is 1.10. The van der Waals surface area contributed by atoms with E-state index in [4.69, 9.17) is 5.73 Å². The van der Waals surface area contributed by atoms with Crippen LogP contribution >= 0.6 is 0 Å².